The Morgan fingerprint density at radius 1 is 1.26 bits per heavy atom. The minimum atomic E-state index is -3.63. The molecule has 0 atom stereocenters. The maximum Gasteiger partial charge on any atom is 0.254 e. The van der Waals surface area contributed by atoms with Crippen molar-refractivity contribution in [2.75, 3.05) is 20.7 Å². The first-order valence-electron chi connectivity index (χ1n) is 7.87. The molecule has 23 heavy (non-hydrogen) atoms. The highest BCUT2D eigenvalue weighted by molar-refractivity contribution is 7.89. The number of nitrogens with one attached hydrogen (secondary N) is 2. The molecule has 1 amide bonds. The van der Waals surface area contributed by atoms with Crippen LogP contribution in [0.3, 0.4) is 0 Å². The number of sulfonamides is 1. The first-order valence-corrected chi connectivity index (χ1v) is 9.36. The normalized spacial score (nSPS) is 16.1. The SMILES string of the molecule is CNC(=O)c1cc(S(=O)(=O)NCC2CCCCC2)ccc1OC. The van der Waals surface area contributed by atoms with Gasteiger partial charge >= 0.3 is 0 Å². The van der Waals surface area contributed by atoms with Crippen LogP contribution >= 0.6 is 0 Å². The van der Waals surface area contributed by atoms with Crippen LogP contribution in [0.2, 0.25) is 0 Å². The van der Waals surface area contributed by atoms with Crippen molar-refractivity contribution < 1.29 is 17.9 Å². The van der Waals surface area contributed by atoms with Crippen molar-refractivity contribution in [3.8, 4) is 5.75 Å². The average Bonchev–Trinajstić information content (AvgIpc) is 2.59. The smallest absolute Gasteiger partial charge is 0.254 e. The van der Waals surface area contributed by atoms with Crippen molar-refractivity contribution >= 4 is 15.9 Å². The molecule has 0 aromatic heterocycles. The summed E-state index contributed by atoms with van der Waals surface area (Å²) in [6, 6.07) is 4.30. The minimum absolute atomic E-state index is 0.0766. The van der Waals surface area contributed by atoms with E-state index in [9.17, 15) is 13.2 Å². The predicted molar refractivity (Wildman–Crippen MR) is 88.1 cm³/mol. The second-order valence-corrected chi connectivity index (χ2v) is 7.56. The zero-order valence-electron chi connectivity index (χ0n) is 13.6. The number of amides is 1. The third-order valence-electron chi connectivity index (χ3n) is 4.24. The van der Waals surface area contributed by atoms with Gasteiger partial charge in [-0.25, -0.2) is 13.1 Å². The van der Waals surface area contributed by atoms with E-state index in [2.05, 4.69) is 10.0 Å². The molecule has 0 aliphatic heterocycles. The topological polar surface area (TPSA) is 84.5 Å². The molecule has 1 saturated carbocycles. The van der Waals surface area contributed by atoms with Crippen LogP contribution in [0.4, 0.5) is 0 Å². The Hall–Kier alpha value is -1.60. The summed E-state index contributed by atoms with van der Waals surface area (Å²) in [6.45, 7) is 0.448. The van der Waals surface area contributed by atoms with Crippen LogP contribution in [-0.4, -0.2) is 35.0 Å². The predicted octanol–water partition coefficient (Wildman–Crippen LogP) is 1.91. The molecule has 0 unspecified atom stereocenters. The first kappa shape index (κ1) is 17.7. The Labute approximate surface area is 137 Å². The lowest BCUT2D eigenvalue weighted by molar-refractivity contribution is 0.0960. The van der Waals surface area contributed by atoms with Gasteiger partial charge in [0.2, 0.25) is 10.0 Å². The molecular formula is C16H24N2O4S. The zero-order chi connectivity index (χ0) is 16.9. The Morgan fingerprint density at radius 3 is 2.57 bits per heavy atom. The quantitative estimate of drug-likeness (QED) is 0.828. The number of carbonyl (C=O) groups is 1. The van der Waals surface area contributed by atoms with E-state index in [4.69, 9.17) is 4.74 Å². The van der Waals surface area contributed by atoms with Crippen LogP contribution in [0.15, 0.2) is 23.1 Å². The lowest BCUT2D eigenvalue weighted by Gasteiger charge is -2.21. The second-order valence-electron chi connectivity index (χ2n) is 5.80. The van der Waals surface area contributed by atoms with E-state index >= 15 is 0 Å². The highest BCUT2D eigenvalue weighted by Crippen LogP contribution is 2.25. The summed E-state index contributed by atoms with van der Waals surface area (Å²) in [6.07, 6.45) is 5.69. The van der Waals surface area contributed by atoms with Crippen LogP contribution in [0.1, 0.15) is 42.5 Å². The highest BCUT2D eigenvalue weighted by atomic mass is 32.2. The summed E-state index contributed by atoms with van der Waals surface area (Å²) in [4.78, 5) is 11.9. The molecular weight excluding hydrogens is 316 g/mol. The van der Waals surface area contributed by atoms with E-state index in [0.717, 1.165) is 25.7 Å². The van der Waals surface area contributed by atoms with Gasteiger partial charge in [0.1, 0.15) is 5.75 Å². The van der Waals surface area contributed by atoms with Crippen molar-refractivity contribution in [2.24, 2.45) is 5.92 Å². The van der Waals surface area contributed by atoms with Gasteiger partial charge in [-0.3, -0.25) is 4.79 Å². The molecule has 1 aromatic carbocycles. The van der Waals surface area contributed by atoms with Crippen LogP contribution < -0.4 is 14.8 Å². The van der Waals surface area contributed by atoms with Gasteiger partial charge in [-0.2, -0.15) is 0 Å². The maximum atomic E-state index is 12.5. The third-order valence-corrected chi connectivity index (χ3v) is 5.66. The molecule has 1 aromatic rings. The van der Waals surface area contributed by atoms with Crippen molar-refractivity contribution in [1.82, 2.24) is 10.0 Å². The van der Waals surface area contributed by atoms with Crippen LogP contribution in [0.5, 0.6) is 5.75 Å². The fraction of sp³-hybridized carbons (Fsp3) is 0.562. The van der Waals surface area contributed by atoms with Crippen molar-refractivity contribution in [1.29, 1.82) is 0 Å². The number of methoxy groups -OCH3 is 1. The van der Waals surface area contributed by atoms with E-state index in [-0.39, 0.29) is 16.4 Å². The molecule has 0 radical (unpaired) electrons. The van der Waals surface area contributed by atoms with Gasteiger partial charge < -0.3 is 10.1 Å². The Morgan fingerprint density at radius 2 is 1.96 bits per heavy atom. The van der Waals surface area contributed by atoms with Gasteiger partial charge in [0.05, 0.1) is 17.6 Å². The number of rotatable bonds is 6. The lowest BCUT2D eigenvalue weighted by Crippen LogP contribution is -2.30. The fourth-order valence-corrected chi connectivity index (χ4v) is 4.01. The van der Waals surface area contributed by atoms with Gasteiger partial charge in [0.15, 0.2) is 0 Å². The molecule has 0 spiro atoms. The van der Waals surface area contributed by atoms with Gasteiger partial charge in [-0.15, -0.1) is 0 Å². The molecule has 1 aliphatic carbocycles. The number of hydrogen-bond acceptors (Lipinski definition) is 4. The van der Waals surface area contributed by atoms with Crippen LogP contribution in [0.25, 0.3) is 0 Å². The first-order chi connectivity index (χ1) is 11.0. The van der Waals surface area contributed by atoms with E-state index < -0.39 is 10.0 Å². The summed E-state index contributed by atoms with van der Waals surface area (Å²) in [5.74, 6) is 0.358. The average molecular weight is 340 g/mol. The Kier molecular flexibility index (Phi) is 6.01. The number of benzene rings is 1. The van der Waals surface area contributed by atoms with Gasteiger partial charge in [0, 0.05) is 13.6 Å². The van der Waals surface area contributed by atoms with E-state index in [1.165, 1.54) is 38.8 Å². The summed E-state index contributed by atoms with van der Waals surface area (Å²) in [5, 5.41) is 2.48. The Balaban J connectivity index is 2.16. The molecule has 6 nitrogen and oxygen atoms in total. The molecule has 0 saturated heterocycles. The summed E-state index contributed by atoms with van der Waals surface area (Å²) < 4.78 is 32.7. The number of hydrogen-bond donors (Lipinski definition) is 2. The maximum absolute atomic E-state index is 12.5. The van der Waals surface area contributed by atoms with Crippen LogP contribution in [0, 0.1) is 5.92 Å². The van der Waals surface area contributed by atoms with E-state index in [0.29, 0.717) is 18.2 Å². The van der Waals surface area contributed by atoms with Gasteiger partial charge in [-0.1, -0.05) is 19.3 Å². The zero-order valence-corrected chi connectivity index (χ0v) is 14.4. The molecule has 128 valence electrons. The van der Waals surface area contributed by atoms with E-state index in [1.807, 2.05) is 0 Å². The third kappa shape index (κ3) is 4.45. The lowest BCUT2D eigenvalue weighted by atomic mass is 9.90. The molecule has 2 N–H and O–H groups in total. The summed E-state index contributed by atoms with van der Waals surface area (Å²) in [7, 11) is -0.702. The molecule has 7 heteroatoms. The van der Waals surface area contributed by atoms with Crippen molar-refractivity contribution in [2.45, 2.75) is 37.0 Å². The monoisotopic (exact) mass is 340 g/mol. The van der Waals surface area contributed by atoms with Crippen molar-refractivity contribution in [3.05, 3.63) is 23.8 Å². The number of ether oxygens (including phenoxy) is 1. The van der Waals surface area contributed by atoms with E-state index in [1.54, 1.807) is 0 Å². The molecule has 1 aliphatic rings. The molecule has 1 fully saturated rings. The fourth-order valence-electron chi connectivity index (χ4n) is 2.87. The molecule has 2 rings (SSSR count). The van der Waals surface area contributed by atoms with Gasteiger partial charge in [0.25, 0.3) is 5.91 Å². The number of carbonyl (C=O) groups excluding carboxylic acids is 1. The minimum Gasteiger partial charge on any atom is -0.496 e. The van der Waals surface area contributed by atoms with Crippen molar-refractivity contribution in [3.63, 3.8) is 0 Å². The molecule has 0 heterocycles. The Bertz CT molecular complexity index is 652. The molecule has 0 bridgehead atoms. The summed E-state index contributed by atoms with van der Waals surface area (Å²) >= 11 is 0. The van der Waals surface area contributed by atoms with Crippen LogP contribution in [-0.2, 0) is 10.0 Å². The largest absolute Gasteiger partial charge is 0.496 e. The highest BCUT2D eigenvalue weighted by Gasteiger charge is 2.21. The standard InChI is InChI=1S/C16H24N2O4S/c1-17-16(19)14-10-13(8-9-15(14)22-2)23(20,21)18-11-12-6-4-3-5-7-12/h8-10,12,18H,3-7,11H2,1-2H3,(H,17,19). The second kappa shape index (κ2) is 7.79. The summed E-state index contributed by atoms with van der Waals surface area (Å²) in [5.41, 5.74) is 0.204. The van der Waals surface area contributed by atoms with Gasteiger partial charge in [-0.05, 0) is 37.0 Å².